The van der Waals surface area contributed by atoms with Crippen LogP contribution in [0.4, 0.5) is 4.79 Å². The molecule has 2 unspecified atom stereocenters. The third-order valence-electron chi connectivity index (χ3n) is 6.68. The summed E-state index contributed by atoms with van der Waals surface area (Å²) >= 11 is 0. The number of hydrogen-bond donors (Lipinski definition) is 2. The third-order valence-corrected chi connectivity index (χ3v) is 6.68. The molecular formula is C31H51N3O6. The second-order valence-corrected chi connectivity index (χ2v) is 11.7. The molecule has 0 aliphatic heterocycles. The summed E-state index contributed by atoms with van der Waals surface area (Å²) < 4.78 is 10.1. The first-order valence-corrected chi connectivity index (χ1v) is 14.4. The van der Waals surface area contributed by atoms with Gasteiger partial charge in [-0.2, -0.15) is 0 Å². The molecule has 1 aromatic carbocycles. The molecule has 0 saturated heterocycles. The normalized spacial score (nSPS) is 12.8. The van der Waals surface area contributed by atoms with Crippen LogP contribution in [0.1, 0.15) is 103 Å². The van der Waals surface area contributed by atoms with Crippen molar-refractivity contribution in [3.05, 3.63) is 34.9 Å². The second-order valence-electron chi connectivity index (χ2n) is 11.7. The Morgan fingerprint density at radius 1 is 0.950 bits per heavy atom. The van der Waals surface area contributed by atoms with Crippen LogP contribution in [-0.2, 0) is 23.9 Å². The van der Waals surface area contributed by atoms with E-state index in [2.05, 4.69) is 17.6 Å². The number of nitrogens with one attached hydrogen (secondary N) is 2. The van der Waals surface area contributed by atoms with E-state index in [0.29, 0.717) is 18.5 Å². The SMILES string of the molecule is CCCCCCCCN(C(=O)C(NC(=O)OC(C)(C)C)C(C)C)C(C(=O)NCC(=O)OC)c1ccc(C)c(C)c1. The first-order chi connectivity index (χ1) is 18.7. The molecule has 0 heterocycles. The number of rotatable bonds is 15. The maximum atomic E-state index is 14.2. The Kier molecular flexibility index (Phi) is 14.7. The molecule has 9 heteroatoms. The number of alkyl carbamates (subject to hydrolysis) is 1. The Balaban J connectivity index is 3.48. The van der Waals surface area contributed by atoms with Crippen molar-refractivity contribution in [3.8, 4) is 0 Å². The molecule has 0 radical (unpaired) electrons. The van der Waals surface area contributed by atoms with Gasteiger partial charge in [-0.15, -0.1) is 0 Å². The Bertz CT molecular complexity index is 986. The molecule has 0 aliphatic carbocycles. The van der Waals surface area contributed by atoms with E-state index in [1.807, 2.05) is 45.9 Å². The summed E-state index contributed by atoms with van der Waals surface area (Å²) in [5, 5.41) is 5.38. The van der Waals surface area contributed by atoms with Crippen LogP contribution in [0.25, 0.3) is 0 Å². The molecule has 0 aliphatic rings. The number of nitrogens with zero attached hydrogens (tertiary/aromatic N) is 1. The van der Waals surface area contributed by atoms with Gasteiger partial charge < -0.3 is 25.0 Å². The van der Waals surface area contributed by atoms with E-state index in [4.69, 9.17) is 9.47 Å². The van der Waals surface area contributed by atoms with E-state index >= 15 is 0 Å². The number of methoxy groups -OCH3 is 1. The number of esters is 1. The zero-order valence-corrected chi connectivity index (χ0v) is 26.0. The molecule has 0 spiro atoms. The number of benzene rings is 1. The highest BCUT2D eigenvalue weighted by molar-refractivity contribution is 5.93. The summed E-state index contributed by atoms with van der Waals surface area (Å²) in [4.78, 5) is 53.9. The van der Waals surface area contributed by atoms with Gasteiger partial charge in [-0.1, -0.05) is 71.1 Å². The molecule has 0 aromatic heterocycles. The molecule has 2 N–H and O–H groups in total. The summed E-state index contributed by atoms with van der Waals surface area (Å²) in [6.45, 7) is 15.0. The molecule has 40 heavy (non-hydrogen) atoms. The van der Waals surface area contributed by atoms with Gasteiger partial charge >= 0.3 is 12.1 Å². The van der Waals surface area contributed by atoms with Crippen LogP contribution in [0.15, 0.2) is 18.2 Å². The number of hydrogen-bond acceptors (Lipinski definition) is 6. The molecule has 1 rings (SSSR count). The lowest BCUT2D eigenvalue weighted by Crippen LogP contribution is -2.55. The van der Waals surface area contributed by atoms with Crippen LogP contribution >= 0.6 is 0 Å². The Labute approximate surface area is 240 Å². The zero-order valence-electron chi connectivity index (χ0n) is 26.0. The molecule has 2 atom stereocenters. The molecule has 226 valence electrons. The zero-order chi connectivity index (χ0) is 30.5. The van der Waals surface area contributed by atoms with Gasteiger partial charge in [0.25, 0.3) is 0 Å². The first kappa shape index (κ1) is 34.9. The van der Waals surface area contributed by atoms with E-state index in [1.54, 1.807) is 25.7 Å². The van der Waals surface area contributed by atoms with E-state index in [1.165, 1.54) is 7.11 Å². The van der Waals surface area contributed by atoms with Gasteiger partial charge in [0.15, 0.2) is 0 Å². The van der Waals surface area contributed by atoms with E-state index < -0.39 is 35.7 Å². The van der Waals surface area contributed by atoms with Crippen molar-refractivity contribution in [1.29, 1.82) is 0 Å². The average Bonchev–Trinajstić information content (AvgIpc) is 2.87. The summed E-state index contributed by atoms with van der Waals surface area (Å²) in [7, 11) is 1.25. The lowest BCUT2D eigenvalue weighted by Gasteiger charge is -2.36. The van der Waals surface area contributed by atoms with Crippen molar-refractivity contribution in [2.45, 2.75) is 112 Å². The Hall–Kier alpha value is -3.10. The quantitative estimate of drug-likeness (QED) is 0.220. The highest BCUT2D eigenvalue weighted by atomic mass is 16.6. The van der Waals surface area contributed by atoms with Gasteiger partial charge in [0.2, 0.25) is 11.8 Å². The maximum Gasteiger partial charge on any atom is 0.408 e. The van der Waals surface area contributed by atoms with Crippen LogP contribution < -0.4 is 10.6 Å². The highest BCUT2D eigenvalue weighted by Crippen LogP contribution is 2.26. The van der Waals surface area contributed by atoms with Gasteiger partial charge in [-0.05, 0) is 63.6 Å². The van der Waals surface area contributed by atoms with Crippen molar-refractivity contribution in [1.82, 2.24) is 15.5 Å². The summed E-state index contributed by atoms with van der Waals surface area (Å²) in [6.07, 6.45) is 5.32. The van der Waals surface area contributed by atoms with E-state index in [0.717, 1.165) is 43.2 Å². The lowest BCUT2D eigenvalue weighted by molar-refractivity contribution is -0.145. The van der Waals surface area contributed by atoms with Gasteiger partial charge in [-0.25, -0.2) is 4.79 Å². The first-order valence-electron chi connectivity index (χ1n) is 14.4. The fourth-order valence-electron chi connectivity index (χ4n) is 4.29. The second kappa shape index (κ2) is 16.9. The molecule has 9 nitrogen and oxygen atoms in total. The average molecular weight is 562 g/mol. The highest BCUT2D eigenvalue weighted by Gasteiger charge is 2.37. The molecule has 0 bridgehead atoms. The van der Waals surface area contributed by atoms with Crippen molar-refractivity contribution < 1.29 is 28.7 Å². The Morgan fingerprint density at radius 3 is 2.12 bits per heavy atom. The van der Waals surface area contributed by atoms with E-state index in [-0.39, 0.29) is 18.4 Å². The smallest absolute Gasteiger partial charge is 0.408 e. The lowest BCUT2D eigenvalue weighted by atomic mass is 9.96. The molecule has 0 saturated carbocycles. The van der Waals surface area contributed by atoms with Gasteiger partial charge in [0.05, 0.1) is 7.11 Å². The van der Waals surface area contributed by atoms with Gasteiger partial charge in [-0.3, -0.25) is 14.4 Å². The van der Waals surface area contributed by atoms with Gasteiger partial charge in [0.1, 0.15) is 24.2 Å². The van der Waals surface area contributed by atoms with Crippen LogP contribution in [0.3, 0.4) is 0 Å². The number of carbonyl (C=O) groups is 4. The largest absolute Gasteiger partial charge is 0.468 e. The van der Waals surface area contributed by atoms with Crippen LogP contribution in [0, 0.1) is 19.8 Å². The monoisotopic (exact) mass is 561 g/mol. The number of carbonyl (C=O) groups excluding carboxylic acids is 4. The predicted molar refractivity (Wildman–Crippen MR) is 157 cm³/mol. The molecule has 0 fully saturated rings. The molecular weight excluding hydrogens is 510 g/mol. The standard InChI is InChI=1S/C31H51N3O6/c1-10-11-12-13-14-15-18-34(29(37)26(21(2)3)33-30(38)40-31(6,7)8)27(28(36)32-20-25(35)39-9)24-17-16-22(4)23(5)19-24/h16-17,19,21,26-27H,10-15,18,20H2,1-9H3,(H,32,36)(H,33,38). The third kappa shape index (κ3) is 12.0. The Morgan fingerprint density at radius 2 is 1.57 bits per heavy atom. The van der Waals surface area contributed by atoms with Crippen molar-refractivity contribution in [2.24, 2.45) is 5.92 Å². The number of unbranched alkanes of at least 4 members (excludes halogenated alkanes) is 5. The summed E-state index contributed by atoms with van der Waals surface area (Å²) in [5.41, 5.74) is 1.92. The summed E-state index contributed by atoms with van der Waals surface area (Å²) in [5.74, 6) is -1.74. The maximum absolute atomic E-state index is 14.2. The fraction of sp³-hybridized carbons (Fsp3) is 0.677. The minimum Gasteiger partial charge on any atom is -0.468 e. The minimum atomic E-state index is -1.01. The van der Waals surface area contributed by atoms with Crippen molar-refractivity contribution >= 4 is 23.9 Å². The van der Waals surface area contributed by atoms with Crippen LogP contribution in [-0.4, -0.2) is 60.6 Å². The fourth-order valence-corrected chi connectivity index (χ4v) is 4.29. The van der Waals surface area contributed by atoms with Crippen molar-refractivity contribution in [2.75, 3.05) is 20.2 Å². The van der Waals surface area contributed by atoms with Crippen LogP contribution in [0.5, 0.6) is 0 Å². The van der Waals surface area contributed by atoms with Gasteiger partial charge in [0, 0.05) is 6.54 Å². The predicted octanol–water partition coefficient (Wildman–Crippen LogP) is 5.37. The summed E-state index contributed by atoms with van der Waals surface area (Å²) in [6, 6.07) is 3.71. The number of aryl methyl sites for hydroxylation is 2. The van der Waals surface area contributed by atoms with Crippen LogP contribution in [0.2, 0.25) is 0 Å². The topological polar surface area (TPSA) is 114 Å². The molecule has 3 amide bonds. The molecule has 1 aromatic rings. The number of ether oxygens (including phenoxy) is 2. The van der Waals surface area contributed by atoms with Crippen molar-refractivity contribution in [3.63, 3.8) is 0 Å². The van der Waals surface area contributed by atoms with E-state index in [9.17, 15) is 19.2 Å². The number of amides is 3. The minimum absolute atomic E-state index is 0.273.